The number of thiophene rings is 1. The highest BCUT2D eigenvalue weighted by Crippen LogP contribution is 2.28. The van der Waals surface area contributed by atoms with Gasteiger partial charge in [-0.1, -0.05) is 12.1 Å². The van der Waals surface area contributed by atoms with Gasteiger partial charge in [0.05, 0.1) is 11.5 Å². The first-order valence-corrected chi connectivity index (χ1v) is 7.18. The highest BCUT2D eigenvalue weighted by Gasteiger charge is 2.28. The Labute approximate surface area is 116 Å². The third kappa shape index (κ3) is 3.20. The minimum Gasteiger partial charge on any atom is -0.379 e. The lowest BCUT2D eigenvalue weighted by molar-refractivity contribution is 0.0962. The Bertz CT molecular complexity index is 533. The molecule has 2 heterocycles. The zero-order chi connectivity index (χ0) is 13.9. The Morgan fingerprint density at radius 2 is 2.21 bits per heavy atom. The number of ether oxygens (including phenoxy) is 1. The van der Waals surface area contributed by atoms with Gasteiger partial charge in [-0.2, -0.15) is 4.98 Å². The fourth-order valence-corrected chi connectivity index (χ4v) is 2.49. The summed E-state index contributed by atoms with van der Waals surface area (Å²) in [5.74, 6) is 0.996. The quantitative estimate of drug-likeness (QED) is 0.880. The van der Waals surface area contributed by atoms with Crippen molar-refractivity contribution in [1.29, 1.82) is 0 Å². The maximum atomic E-state index is 6.14. The first kappa shape index (κ1) is 14.2. The molecule has 5 nitrogen and oxygen atoms in total. The zero-order valence-corrected chi connectivity index (χ0v) is 12.3. The van der Waals surface area contributed by atoms with Crippen molar-refractivity contribution in [3.05, 3.63) is 22.8 Å². The van der Waals surface area contributed by atoms with E-state index in [-0.39, 0.29) is 0 Å². The summed E-state index contributed by atoms with van der Waals surface area (Å²) in [6, 6.07) is 4.07. The molecule has 0 saturated heterocycles. The van der Waals surface area contributed by atoms with E-state index >= 15 is 0 Å². The maximum absolute atomic E-state index is 6.14. The average molecular weight is 281 g/mol. The van der Waals surface area contributed by atoms with E-state index in [9.17, 15) is 0 Å². The SMILES string of the molecule is CCOCC(C)(N)c1noc(-c2ccc(CC)s2)n1. The van der Waals surface area contributed by atoms with E-state index < -0.39 is 5.54 Å². The third-order valence-corrected chi connectivity index (χ3v) is 3.98. The number of rotatable bonds is 6. The summed E-state index contributed by atoms with van der Waals surface area (Å²) in [7, 11) is 0. The highest BCUT2D eigenvalue weighted by molar-refractivity contribution is 7.15. The van der Waals surface area contributed by atoms with Gasteiger partial charge >= 0.3 is 0 Å². The smallest absolute Gasteiger partial charge is 0.268 e. The second-order valence-corrected chi connectivity index (χ2v) is 5.77. The Balaban J connectivity index is 2.18. The van der Waals surface area contributed by atoms with Gasteiger partial charge in [-0.3, -0.25) is 0 Å². The lowest BCUT2D eigenvalue weighted by Crippen LogP contribution is -2.39. The van der Waals surface area contributed by atoms with Crippen molar-refractivity contribution in [2.45, 2.75) is 32.7 Å². The molecule has 0 fully saturated rings. The Hall–Kier alpha value is -1.24. The Kier molecular flexibility index (Phi) is 4.34. The zero-order valence-electron chi connectivity index (χ0n) is 11.5. The topological polar surface area (TPSA) is 74.2 Å². The van der Waals surface area contributed by atoms with Gasteiger partial charge in [-0.05, 0) is 32.4 Å². The molecule has 2 aromatic heterocycles. The van der Waals surface area contributed by atoms with Crippen LogP contribution >= 0.6 is 11.3 Å². The minimum atomic E-state index is -0.734. The van der Waals surface area contributed by atoms with Crippen LogP contribution in [-0.2, 0) is 16.7 Å². The van der Waals surface area contributed by atoms with E-state index in [1.54, 1.807) is 11.3 Å². The van der Waals surface area contributed by atoms with Crippen LogP contribution in [0.2, 0.25) is 0 Å². The summed E-state index contributed by atoms with van der Waals surface area (Å²) in [5, 5.41) is 3.97. The van der Waals surface area contributed by atoms with Gasteiger partial charge in [0.1, 0.15) is 5.54 Å². The van der Waals surface area contributed by atoms with E-state index in [0.717, 1.165) is 11.3 Å². The van der Waals surface area contributed by atoms with Crippen LogP contribution in [0.1, 0.15) is 31.5 Å². The van der Waals surface area contributed by atoms with Gasteiger partial charge in [-0.25, -0.2) is 0 Å². The van der Waals surface area contributed by atoms with Crippen LogP contribution in [0.4, 0.5) is 0 Å². The van der Waals surface area contributed by atoms with Crippen molar-refractivity contribution in [3.63, 3.8) is 0 Å². The van der Waals surface area contributed by atoms with Gasteiger partial charge < -0.3 is 15.0 Å². The first-order valence-electron chi connectivity index (χ1n) is 6.36. The number of hydrogen-bond acceptors (Lipinski definition) is 6. The predicted molar refractivity (Wildman–Crippen MR) is 75.0 cm³/mol. The first-order chi connectivity index (χ1) is 9.06. The summed E-state index contributed by atoms with van der Waals surface area (Å²) in [6.07, 6.45) is 1.00. The van der Waals surface area contributed by atoms with Crippen LogP contribution in [0.25, 0.3) is 10.8 Å². The van der Waals surface area contributed by atoms with Gasteiger partial charge in [-0.15, -0.1) is 11.3 Å². The molecule has 2 N–H and O–H groups in total. The van der Waals surface area contributed by atoms with Crippen molar-refractivity contribution >= 4 is 11.3 Å². The fraction of sp³-hybridized carbons (Fsp3) is 0.538. The van der Waals surface area contributed by atoms with Crippen LogP contribution in [-0.4, -0.2) is 23.4 Å². The van der Waals surface area contributed by atoms with Gasteiger partial charge in [0.25, 0.3) is 5.89 Å². The molecule has 1 atom stereocenters. The number of hydrogen-bond donors (Lipinski definition) is 1. The molecule has 0 radical (unpaired) electrons. The summed E-state index contributed by atoms with van der Waals surface area (Å²) in [6.45, 7) is 6.86. The van der Waals surface area contributed by atoms with E-state index in [1.165, 1.54) is 4.88 Å². The van der Waals surface area contributed by atoms with E-state index in [4.69, 9.17) is 15.0 Å². The standard InChI is InChI=1S/C13H19N3O2S/c1-4-9-6-7-10(19-9)11-15-12(16-18-11)13(3,14)8-17-5-2/h6-7H,4-5,8,14H2,1-3H3. The summed E-state index contributed by atoms with van der Waals surface area (Å²) in [4.78, 5) is 6.65. The molecule has 2 aromatic rings. The van der Waals surface area contributed by atoms with E-state index in [0.29, 0.717) is 24.9 Å². The van der Waals surface area contributed by atoms with Gasteiger partial charge in [0.2, 0.25) is 0 Å². The molecule has 0 bridgehead atoms. The number of nitrogens with two attached hydrogens (primary N) is 1. The van der Waals surface area contributed by atoms with Gasteiger partial charge in [0, 0.05) is 11.5 Å². The Morgan fingerprint density at radius 1 is 1.42 bits per heavy atom. The summed E-state index contributed by atoms with van der Waals surface area (Å²) < 4.78 is 10.6. The average Bonchev–Trinajstić information content (AvgIpc) is 3.04. The molecule has 19 heavy (non-hydrogen) atoms. The summed E-state index contributed by atoms with van der Waals surface area (Å²) >= 11 is 1.66. The molecule has 0 saturated carbocycles. The van der Waals surface area contributed by atoms with E-state index in [1.807, 2.05) is 19.9 Å². The van der Waals surface area contributed by atoms with Crippen molar-refractivity contribution < 1.29 is 9.26 Å². The second-order valence-electron chi connectivity index (χ2n) is 4.60. The molecule has 0 amide bonds. The number of nitrogens with zero attached hydrogens (tertiary/aromatic N) is 2. The number of aryl methyl sites for hydroxylation is 1. The van der Waals surface area contributed by atoms with Crippen molar-refractivity contribution in [1.82, 2.24) is 10.1 Å². The summed E-state index contributed by atoms with van der Waals surface area (Å²) in [5.41, 5.74) is 5.41. The second kappa shape index (κ2) is 5.81. The lowest BCUT2D eigenvalue weighted by atomic mass is 10.1. The molecular formula is C13H19N3O2S. The molecule has 0 aromatic carbocycles. The van der Waals surface area contributed by atoms with Crippen LogP contribution in [0, 0.1) is 0 Å². The molecule has 104 valence electrons. The van der Waals surface area contributed by atoms with Crippen LogP contribution < -0.4 is 5.73 Å². The molecular weight excluding hydrogens is 262 g/mol. The fourth-order valence-electron chi connectivity index (χ4n) is 1.62. The van der Waals surface area contributed by atoms with Crippen molar-refractivity contribution in [2.75, 3.05) is 13.2 Å². The minimum absolute atomic E-state index is 0.368. The molecule has 6 heteroatoms. The third-order valence-electron chi connectivity index (χ3n) is 2.76. The molecule has 1 unspecified atom stereocenters. The van der Waals surface area contributed by atoms with Crippen LogP contribution in [0.15, 0.2) is 16.7 Å². The molecule has 0 spiro atoms. The maximum Gasteiger partial charge on any atom is 0.268 e. The molecule has 0 aliphatic rings. The van der Waals surface area contributed by atoms with Gasteiger partial charge in [0.15, 0.2) is 5.82 Å². The molecule has 2 rings (SSSR count). The normalized spacial score (nSPS) is 14.5. The number of aromatic nitrogens is 2. The Morgan fingerprint density at radius 3 is 2.84 bits per heavy atom. The van der Waals surface area contributed by atoms with Crippen molar-refractivity contribution in [2.24, 2.45) is 5.73 Å². The van der Waals surface area contributed by atoms with E-state index in [2.05, 4.69) is 23.1 Å². The predicted octanol–water partition coefficient (Wildman–Crippen LogP) is 2.57. The lowest BCUT2D eigenvalue weighted by Gasteiger charge is -2.19. The van der Waals surface area contributed by atoms with Crippen LogP contribution in [0.5, 0.6) is 0 Å². The molecule has 0 aliphatic carbocycles. The van der Waals surface area contributed by atoms with Crippen LogP contribution in [0.3, 0.4) is 0 Å². The molecule has 0 aliphatic heterocycles. The van der Waals surface area contributed by atoms with Crippen molar-refractivity contribution in [3.8, 4) is 10.8 Å². The largest absolute Gasteiger partial charge is 0.379 e. The monoisotopic (exact) mass is 281 g/mol. The highest BCUT2D eigenvalue weighted by atomic mass is 32.1.